The zero-order valence-corrected chi connectivity index (χ0v) is 18.9. The molecule has 0 aromatic heterocycles. The highest BCUT2D eigenvalue weighted by atomic mass is 35.5. The maximum absolute atomic E-state index is 13.2. The fourth-order valence-corrected chi connectivity index (χ4v) is 4.39. The first kappa shape index (κ1) is 22.9. The Hall–Kier alpha value is -3.26. The van der Waals surface area contributed by atoms with E-state index in [9.17, 15) is 23.6 Å². The second-order valence-corrected chi connectivity index (χ2v) is 8.62. The first-order valence-corrected chi connectivity index (χ1v) is 11.1. The highest BCUT2D eigenvalue weighted by Gasteiger charge is 2.35. The van der Waals surface area contributed by atoms with Gasteiger partial charge >= 0.3 is 0 Å². The van der Waals surface area contributed by atoms with Crippen LogP contribution in [0.1, 0.15) is 49.5 Å². The number of halogens is 2. The number of hydrogen-bond acceptors (Lipinski definition) is 4. The SMILES string of the molecule is Cc1ccc2c(c1)C(=O)N(CCCC(=O)N1CCN(C(=O)c3ccc(F)cc3Cl)CC1)C2=O. The summed E-state index contributed by atoms with van der Waals surface area (Å²) in [5.74, 6) is -1.54. The molecule has 0 radical (unpaired) electrons. The Labute approximate surface area is 195 Å². The van der Waals surface area contributed by atoms with E-state index in [1.54, 1.807) is 28.0 Å². The molecule has 0 saturated carbocycles. The zero-order chi connectivity index (χ0) is 23.7. The van der Waals surface area contributed by atoms with E-state index < -0.39 is 5.82 Å². The summed E-state index contributed by atoms with van der Waals surface area (Å²) in [4.78, 5) is 54.7. The first-order valence-electron chi connectivity index (χ1n) is 10.7. The smallest absolute Gasteiger partial charge is 0.261 e. The number of fused-ring (bicyclic) bond motifs is 1. The number of imide groups is 1. The van der Waals surface area contributed by atoms with Crippen LogP contribution in [0.4, 0.5) is 4.39 Å². The van der Waals surface area contributed by atoms with E-state index in [0.717, 1.165) is 11.6 Å². The first-order chi connectivity index (χ1) is 15.8. The highest BCUT2D eigenvalue weighted by Crippen LogP contribution is 2.24. The molecule has 33 heavy (non-hydrogen) atoms. The van der Waals surface area contributed by atoms with Gasteiger partial charge in [0.1, 0.15) is 5.82 Å². The van der Waals surface area contributed by atoms with E-state index in [1.165, 1.54) is 17.0 Å². The van der Waals surface area contributed by atoms with Crippen LogP contribution in [0, 0.1) is 12.7 Å². The molecule has 4 rings (SSSR count). The average molecular weight is 472 g/mol. The molecule has 1 fully saturated rings. The largest absolute Gasteiger partial charge is 0.339 e. The normalized spacial score (nSPS) is 15.8. The van der Waals surface area contributed by atoms with Crippen molar-refractivity contribution in [1.29, 1.82) is 0 Å². The molecule has 0 bridgehead atoms. The average Bonchev–Trinajstić information content (AvgIpc) is 3.03. The molecule has 0 aliphatic carbocycles. The topological polar surface area (TPSA) is 78.0 Å². The summed E-state index contributed by atoms with van der Waals surface area (Å²) in [6, 6.07) is 8.82. The van der Waals surface area contributed by atoms with E-state index in [1.807, 2.05) is 6.92 Å². The molecule has 0 unspecified atom stereocenters. The van der Waals surface area contributed by atoms with E-state index in [0.29, 0.717) is 43.7 Å². The van der Waals surface area contributed by atoms with Gasteiger partial charge in [0.15, 0.2) is 0 Å². The summed E-state index contributed by atoms with van der Waals surface area (Å²) in [6.45, 7) is 3.47. The van der Waals surface area contributed by atoms with Gasteiger partial charge in [-0.1, -0.05) is 23.2 Å². The van der Waals surface area contributed by atoms with Gasteiger partial charge in [-0.25, -0.2) is 4.39 Å². The Bertz CT molecular complexity index is 1140. The number of hydrogen-bond donors (Lipinski definition) is 0. The molecule has 0 spiro atoms. The van der Waals surface area contributed by atoms with Crippen molar-refractivity contribution in [1.82, 2.24) is 14.7 Å². The van der Waals surface area contributed by atoms with Crippen molar-refractivity contribution in [3.05, 3.63) is 69.5 Å². The zero-order valence-electron chi connectivity index (χ0n) is 18.1. The fourth-order valence-electron chi connectivity index (χ4n) is 4.15. The predicted octanol–water partition coefficient (Wildman–Crippen LogP) is 3.15. The molecule has 0 N–H and O–H groups in total. The van der Waals surface area contributed by atoms with Crippen LogP contribution < -0.4 is 0 Å². The van der Waals surface area contributed by atoms with Crippen LogP contribution in [-0.4, -0.2) is 71.1 Å². The van der Waals surface area contributed by atoms with Crippen molar-refractivity contribution in [3.8, 4) is 0 Å². The van der Waals surface area contributed by atoms with Crippen LogP contribution in [0.15, 0.2) is 36.4 Å². The summed E-state index contributed by atoms with van der Waals surface area (Å²) in [7, 11) is 0. The van der Waals surface area contributed by atoms with Crippen molar-refractivity contribution >= 4 is 35.2 Å². The highest BCUT2D eigenvalue weighted by molar-refractivity contribution is 6.33. The van der Waals surface area contributed by atoms with E-state index in [4.69, 9.17) is 11.6 Å². The quantitative estimate of drug-likeness (QED) is 0.628. The van der Waals surface area contributed by atoms with Gasteiger partial charge in [0.05, 0.1) is 21.7 Å². The van der Waals surface area contributed by atoms with E-state index >= 15 is 0 Å². The van der Waals surface area contributed by atoms with Crippen LogP contribution in [-0.2, 0) is 4.79 Å². The van der Waals surface area contributed by atoms with Crippen molar-refractivity contribution in [2.45, 2.75) is 19.8 Å². The molecule has 2 aromatic rings. The lowest BCUT2D eigenvalue weighted by Gasteiger charge is -2.35. The number of aryl methyl sites for hydroxylation is 1. The third kappa shape index (κ3) is 4.61. The molecular formula is C24H23ClFN3O4. The Balaban J connectivity index is 1.26. The lowest BCUT2D eigenvalue weighted by Crippen LogP contribution is -2.50. The van der Waals surface area contributed by atoms with Crippen molar-refractivity contribution in [3.63, 3.8) is 0 Å². The summed E-state index contributed by atoms with van der Waals surface area (Å²) in [5, 5.41) is 0.0572. The maximum Gasteiger partial charge on any atom is 0.261 e. The van der Waals surface area contributed by atoms with Crippen molar-refractivity contribution in [2.24, 2.45) is 0 Å². The molecule has 2 heterocycles. The number of piperazine rings is 1. The predicted molar refractivity (Wildman–Crippen MR) is 120 cm³/mol. The number of carbonyl (C=O) groups excluding carboxylic acids is 4. The van der Waals surface area contributed by atoms with Gasteiger partial charge in [0.2, 0.25) is 5.91 Å². The lowest BCUT2D eigenvalue weighted by molar-refractivity contribution is -0.132. The molecule has 2 aromatic carbocycles. The second-order valence-electron chi connectivity index (χ2n) is 8.21. The molecule has 7 nitrogen and oxygen atoms in total. The molecule has 2 aliphatic rings. The van der Waals surface area contributed by atoms with Crippen LogP contribution in [0.3, 0.4) is 0 Å². The fraction of sp³-hybridized carbons (Fsp3) is 0.333. The molecule has 172 valence electrons. The Morgan fingerprint density at radius 3 is 2.30 bits per heavy atom. The van der Waals surface area contributed by atoms with Crippen LogP contribution >= 0.6 is 11.6 Å². The number of benzene rings is 2. The standard InChI is InChI=1S/C24H23ClFN3O4/c1-15-4-6-17-19(13-15)24(33)29(23(17)32)8-2-3-21(30)27-9-11-28(12-10-27)22(31)18-7-5-16(26)14-20(18)25/h4-7,13-14H,2-3,8-12H2,1H3. The number of rotatable bonds is 5. The Kier molecular flexibility index (Phi) is 6.47. The third-order valence-corrected chi connectivity index (χ3v) is 6.29. The minimum atomic E-state index is -0.511. The van der Waals surface area contributed by atoms with E-state index in [2.05, 4.69) is 0 Å². The maximum atomic E-state index is 13.2. The van der Waals surface area contributed by atoms with Crippen molar-refractivity contribution in [2.75, 3.05) is 32.7 Å². The third-order valence-electron chi connectivity index (χ3n) is 5.98. The Morgan fingerprint density at radius 1 is 0.939 bits per heavy atom. The molecule has 4 amide bonds. The monoisotopic (exact) mass is 471 g/mol. The van der Waals surface area contributed by atoms with Gasteiger partial charge in [-0.05, 0) is 43.7 Å². The number of carbonyl (C=O) groups is 4. The second kappa shape index (κ2) is 9.31. The summed E-state index contributed by atoms with van der Waals surface area (Å²) in [6.07, 6.45) is 0.567. The van der Waals surface area contributed by atoms with Gasteiger partial charge in [-0.2, -0.15) is 0 Å². The minimum absolute atomic E-state index is 0.0572. The van der Waals surface area contributed by atoms with Gasteiger partial charge in [-0.15, -0.1) is 0 Å². The summed E-state index contributed by atoms with van der Waals surface area (Å²) >= 11 is 5.99. The minimum Gasteiger partial charge on any atom is -0.339 e. The lowest BCUT2D eigenvalue weighted by atomic mass is 10.1. The van der Waals surface area contributed by atoms with Crippen LogP contribution in [0.5, 0.6) is 0 Å². The molecule has 1 saturated heterocycles. The van der Waals surface area contributed by atoms with Gasteiger partial charge in [0, 0.05) is 39.1 Å². The Morgan fingerprint density at radius 2 is 1.61 bits per heavy atom. The molecule has 9 heteroatoms. The van der Waals surface area contributed by atoms with E-state index in [-0.39, 0.29) is 47.2 Å². The summed E-state index contributed by atoms with van der Waals surface area (Å²) in [5.41, 5.74) is 1.95. The van der Waals surface area contributed by atoms with Gasteiger partial charge < -0.3 is 9.80 Å². The van der Waals surface area contributed by atoms with Crippen molar-refractivity contribution < 1.29 is 23.6 Å². The number of amides is 4. The number of nitrogens with zero attached hydrogens (tertiary/aromatic N) is 3. The van der Waals surface area contributed by atoms with Gasteiger partial charge in [-0.3, -0.25) is 24.1 Å². The van der Waals surface area contributed by atoms with Gasteiger partial charge in [0.25, 0.3) is 17.7 Å². The molecule has 0 atom stereocenters. The molecule has 2 aliphatic heterocycles. The molecular weight excluding hydrogens is 449 g/mol. The summed E-state index contributed by atoms with van der Waals surface area (Å²) < 4.78 is 13.2. The van der Waals surface area contributed by atoms with Crippen LogP contribution in [0.25, 0.3) is 0 Å². The van der Waals surface area contributed by atoms with Crippen LogP contribution in [0.2, 0.25) is 5.02 Å².